The van der Waals surface area contributed by atoms with Crippen LogP contribution in [0, 0.1) is 0 Å². The molecule has 0 bridgehead atoms. The predicted octanol–water partition coefficient (Wildman–Crippen LogP) is -2.30. The van der Waals surface area contributed by atoms with Gasteiger partial charge in [0.15, 0.2) is 0 Å². The molecule has 0 spiro atoms. The quantitative estimate of drug-likeness (QED) is 0.251. The average Bonchev–Trinajstić information content (AvgIpc) is 2.42. The molecule has 4 atom stereocenters. The highest BCUT2D eigenvalue weighted by Gasteiger charge is 2.40. The van der Waals surface area contributed by atoms with Crippen LogP contribution in [0.3, 0.4) is 0 Å². The van der Waals surface area contributed by atoms with E-state index in [-0.39, 0.29) is 12.7 Å². The fourth-order valence-corrected chi connectivity index (χ4v) is 1.97. The smallest absolute Gasteiger partial charge is 0.348 e. The maximum absolute atomic E-state index is 10.6. The number of nitrogens with two attached hydrogens (primary N) is 1. The van der Waals surface area contributed by atoms with Gasteiger partial charge in [-0.15, -0.1) is 0 Å². The van der Waals surface area contributed by atoms with E-state index >= 15 is 0 Å². The Bertz CT molecular complexity index is 307. The van der Waals surface area contributed by atoms with Gasteiger partial charge in [-0.3, -0.25) is 4.57 Å². The molecule has 1 aliphatic rings. The summed E-state index contributed by atoms with van der Waals surface area (Å²) in [6.45, 7) is -0.0512. The average molecular weight is 251 g/mol. The second-order valence-electron chi connectivity index (χ2n) is 3.52. The number of hydrogen-bond donors (Lipinski definition) is 4. The Morgan fingerprint density at radius 2 is 2.19 bits per heavy atom. The normalized spacial score (nSPS) is 36.0. The van der Waals surface area contributed by atoms with Crippen molar-refractivity contribution < 1.29 is 28.9 Å². The van der Waals surface area contributed by atoms with E-state index in [4.69, 9.17) is 25.0 Å². The van der Waals surface area contributed by atoms with Crippen LogP contribution < -0.4 is 5.73 Å². The Balaban J connectivity index is 2.65. The SMILES string of the molecule is B[C@@H]1O[C@H](/C=C/P(=O)(O)O)C(O)[C@@H]1OCN. The van der Waals surface area contributed by atoms with Gasteiger partial charge < -0.3 is 30.1 Å². The Morgan fingerprint density at radius 1 is 1.56 bits per heavy atom. The molecule has 1 aliphatic heterocycles. The van der Waals surface area contributed by atoms with Crippen LogP contribution in [0.5, 0.6) is 0 Å². The van der Waals surface area contributed by atoms with Crippen LogP contribution in [0.2, 0.25) is 0 Å². The molecule has 5 N–H and O–H groups in total. The summed E-state index contributed by atoms with van der Waals surface area (Å²) in [7, 11) is -2.55. The van der Waals surface area contributed by atoms with E-state index in [0.29, 0.717) is 5.82 Å². The summed E-state index contributed by atoms with van der Waals surface area (Å²) in [5.41, 5.74) is 5.19. The van der Waals surface area contributed by atoms with Gasteiger partial charge >= 0.3 is 7.60 Å². The van der Waals surface area contributed by atoms with Crippen LogP contribution >= 0.6 is 7.60 Å². The van der Waals surface area contributed by atoms with Crippen molar-refractivity contribution in [1.29, 1.82) is 0 Å². The van der Waals surface area contributed by atoms with Gasteiger partial charge in [0.05, 0.1) is 12.7 Å². The van der Waals surface area contributed by atoms with Crippen LogP contribution in [0.25, 0.3) is 0 Å². The summed E-state index contributed by atoms with van der Waals surface area (Å²) < 4.78 is 20.9. The first-order chi connectivity index (χ1) is 7.35. The third-order valence-corrected chi connectivity index (χ3v) is 2.83. The van der Waals surface area contributed by atoms with E-state index in [9.17, 15) is 9.67 Å². The molecular weight excluding hydrogens is 236 g/mol. The summed E-state index contributed by atoms with van der Waals surface area (Å²) in [6, 6.07) is -0.384. The minimum absolute atomic E-state index is 0.0512. The molecule has 0 saturated carbocycles. The Labute approximate surface area is 93.8 Å². The number of rotatable bonds is 4. The van der Waals surface area contributed by atoms with Crippen LogP contribution in [0.1, 0.15) is 0 Å². The lowest BCUT2D eigenvalue weighted by Gasteiger charge is -2.16. The minimum atomic E-state index is -4.24. The molecule has 16 heavy (non-hydrogen) atoms. The van der Waals surface area contributed by atoms with Gasteiger partial charge in [0, 0.05) is 5.82 Å². The zero-order chi connectivity index (χ0) is 12.3. The summed E-state index contributed by atoms with van der Waals surface area (Å²) in [5, 5.41) is 9.74. The second-order valence-corrected chi connectivity index (χ2v) is 5.00. The first-order valence-corrected chi connectivity index (χ1v) is 6.43. The van der Waals surface area contributed by atoms with E-state index < -0.39 is 25.9 Å². The molecule has 1 rings (SSSR count). The fourth-order valence-electron chi connectivity index (χ4n) is 1.57. The number of aliphatic hydroxyl groups is 1. The van der Waals surface area contributed by atoms with Crippen LogP contribution in [-0.2, 0) is 14.0 Å². The lowest BCUT2D eigenvalue weighted by molar-refractivity contribution is -0.0166. The number of ether oxygens (including phenoxy) is 2. The predicted molar refractivity (Wildman–Crippen MR) is 58.3 cm³/mol. The molecule has 92 valence electrons. The highest BCUT2D eigenvalue weighted by molar-refractivity contribution is 7.55. The molecule has 1 heterocycles. The summed E-state index contributed by atoms with van der Waals surface area (Å²) in [5.74, 6) is 0.707. The standard InChI is InChI=1S/C7H15BNO6P/c8-7-6(14-3-9)5(10)4(15-7)1-2-16(11,12)13/h1-2,4-7,10H,3,8-9H2,(H2,11,12,13)/b2-1+/t4-,5?,6+,7-/m1/s1. The van der Waals surface area contributed by atoms with Crippen molar-refractivity contribution in [3.63, 3.8) is 0 Å². The summed E-state index contributed by atoms with van der Waals surface area (Å²) >= 11 is 0. The van der Waals surface area contributed by atoms with Gasteiger partial charge in [-0.25, -0.2) is 0 Å². The first kappa shape index (κ1) is 13.9. The molecule has 0 amide bonds. The molecule has 0 aromatic rings. The molecule has 0 aromatic heterocycles. The monoisotopic (exact) mass is 251 g/mol. The lowest BCUT2D eigenvalue weighted by atomic mass is 9.93. The van der Waals surface area contributed by atoms with Crippen molar-refractivity contribution in [2.45, 2.75) is 24.3 Å². The number of aliphatic hydroxyl groups excluding tert-OH is 1. The summed E-state index contributed by atoms with van der Waals surface area (Å²) in [4.78, 5) is 17.3. The van der Waals surface area contributed by atoms with Crippen LogP contribution in [0.4, 0.5) is 0 Å². The molecule has 1 fully saturated rings. The van der Waals surface area contributed by atoms with Gasteiger partial charge in [-0.1, -0.05) is 0 Å². The maximum Gasteiger partial charge on any atom is 0.348 e. The fraction of sp³-hybridized carbons (Fsp3) is 0.714. The molecule has 1 saturated heterocycles. The van der Waals surface area contributed by atoms with Gasteiger partial charge in [0.25, 0.3) is 0 Å². The third-order valence-electron chi connectivity index (χ3n) is 2.27. The lowest BCUT2D eigenvalue weighted by Crippen LogP contribution is -2.36. The van der Waals surface area contributed by atoms with Crippen molar-refractivity contribution in [3.05, 3.63) is 11.9 Å². The minimum Gasteiger partial charge on any atom is -0.387 e. The van der Waals surface area contributed by atoms with Crippen molar-refractivity contribution in [1.82, 2.24) is 0 Å². The molecule has 0 aromatic carbocycles. The summed E-state index contributed by atoms with van der Waals surface area (Å²) in [6.07, 6.45) is -1.22. The van der Waals surface area contributed by atoms with E-state index in [1.54, 1.807) is 7.85 Å². The molecule has 7 nitrogen and oxygen atoms in total. The zero-order valence-electron chi connectivity index (χ0n) is 8.76. The van der Waals surface area contributed by atoms with Gasteiger partial charge in [-0.2, -0.15) is 0 Å². The first-order valence-electron chi connectivity index (χ1n) is 4.75. The van der Waals surface area contributed by atoms with Crippen molar-refractivity contribution in [2.24, 2.45) is 5.73 Å². The molecule has 0 aliphatic carbocycles. The second kappa shape index (κ2) is 5.42. The topological polar surface area (TPSA) is 122 Å². The van der Waals surface area contributed by atoms with Gasteiger partial charge in [0.2, 0.25) is 0 Å². The molecule has 1 unspecified atom stereocenters. The molecular formula is C7H15BNO6P. The maximum atomic E-state index is 10.6. The Morgan fingerprint density at radius 3 is 2.69 bits per heavy atom. The van der Waals surface area contributed by atoms with E-state index in [1.807, 2.05) is 0 Å². The van der Waals surface area contributed by atoms with Crippen LogP contribution in [-0.4, -0.2) is 53.8 Å². The zero-order valence-corrected chi connectivity index (χ0v) is 9.66. The molecule has 9 heteroatoms. The van der Waals surface area contributed by atoms with Crippen molar-refractivity contribution >= 4 is 15.4 Å². The van der Waals surface area contributed by atoms with E-state index in [2.05, 4.69) is 0 Å². The van der Waals surface area contributed by atoms with Crippen LogP contribution in [0.15, 0.2) is 11.9 Å². The Kier molecular flexibility index (Phi) is 4.69. The third kappa shape index (κ3) is 3.67. The van der Waals surface area contributed by atoms with Gasteiger partial charge in [0.1, 0.15) is 26.2 Å². The van der Waals surface area contributed by atoms with Crippen molar-refractivity contribution in [2.75, 3.05) is 6.73 Å². The van der Waals surface area contributed by atoms with E-state index in [0.717, 1.165) is 6.08 Å². The number of hydrogen-bond acceptors (Lipinski definition) is 5. The van der Waals surface area contributed by atoms with Crippen molar-refractivity contribution in [3.8, 4) is 0 Å². The van der Waals surface area contributed by atoms with Gasteiger partial charge in [-0.05, 0) is 6.08 Å². The largest absolute Gasteiger partial charge is 0.387 e. The highest BCUT2D eigenvalue weighted by Crippen LogP contribution is 2.37. The highest BCUT2D eigenvalue weighted by atomic mass is 31.2. The Hall–Kier alpha value is -0.205. The van der Waals surface area contributed by atoms with E-state index in [1.165, 1.54) is 0 Å². The molecule has 0 radical (unpaired) electrons.